The first kappa shape index (κ1) is 13.0. The second-order valence-corrected chi connectivity index (χ2v) is 4.22. The maximum atomic E-state index is 11.4. The minimum atomic E-state index is -0.855. The smallest absolute Gasteiger partial charge is 0.306 e. The van der Waals surface area contributed by atoms with Gasteiger partial charge in [0, 0.05) is 19.6 Å². The third kappa shape index (κ3) is 4.61. The molecule has 5 nitrogen and oxygen atoms in total. The summed E-state index contributed by atoms with van der Waals surface area (Å²) in [5.74, 6) is -1.41. The number of carbonyl (C=O) groups is 2. The summed E-state index contributed by atoms with van der Waals surface area (Å²) < 4.78 is 5.36. The predicted octanol–water partition coefficient (Wildman–Crippen LogP) is 0.782. The zero-order chi connectivity index (χ0) is 12.0. The molecule has 0 aromatic heterocycles. The fourth-order valence-corrected chi connectivity index (χ4v) is 1.59. The Bertz CT molecular complexity index is 248. The number of carbonyl (C=O) groups excluding carboxylic acids is 1. The highest BCUT2D eigenvalue weighted by atomic mass is 16.5. The van der Waals surface area contributed by atoms with E-state index in [1.807, 2.05) is 0 Å². The summed E-state index contributed by atoms with van der Waals surface area (Å²) in [6.45, 7) is 2.92. The first-order valence-electron chi connectivity index (χ1n) is 5.70. The van der Waals surface area contributed by atoms with Gasteiger partial charge in [0.25, 0.3) is 0 Å². The third-order valence-corrected chi connectivity index (χ3v) is 2.78. The fourth-order valence-electron chi connectivity index (χ4n) is 1.59. The number of rotatable bonds is 6. The van der Waals surface area contributed by atoms with Crippen molar-refractivity contribution in [3.8, 4) is 0 Å². The third-order valence-electron chi connectivity index (χ3n) is 2.78. The Morgan fingerprint density at radius 1 is 1.56 bits per heavy atom. The molecule has 0 aromatic rings. The second-order valence-electron chi connectivity index (χ2n) is 4.22. The summed E-state index contributed by atoms with van der Waals surface area (Å²) in [4.78, 5) is 21.9. The van der Waals surface area contributed by atoms with Crippen molar-refractivity contribution in [3.05, 3.63) is 0 Å². The van der Waals surface area contributed by atoms with Gasteiger partial charge in [0.05, 0.1) is 12.0 Å². The van der Waals surface area contributed by atoms with Gasteiger partial charge < -0.3 is 15.2 Å². The van der Waals surface area contributed by atoms with E-state index in [2.05, 4.69) is 5.32 Å². The zero-order valence-electron chi connectivity index (χ0n) is 9.57. The second kappa shape index (κ2) is 6.48. The van der Waals surface area contributed by atoms with Gasteiger partial charge in [-0.3, -0.25) is 9.59 Å². The number of nitrogens with one attached hydrogen (secondary N) is 1. The van der Waals surface area contributed by atoms with Crippen molar-refractivity contribution in [2.24, 2.45) is 5.92 Å². The average Bonchev–Trinajstić information content (AvgIpc) is 2.75. The van der Waals surface area contributed by atoms with Gasteiger partial charge in [0.1, 0.15) is 0 Å². The number of carboxylic acid groups (broad SMARTS) is 1. The van der Waals surface area contributed by atoms with E-state index in [9.17, 15) is 9.59 Å². The van der Waals surface area contributed by atoms with Crippen LogP contribution in [0.25, 0.3) is 0 Å². The summed E-state index contributed by atoms with van der Waals surface area (Å²) in [7, 11) is 0. The van der Waals surface area contributed by atoms with Crippen molar-refractivity contribution in [1.82, 2.24) is 5.32 Å². The molecular formula is C11H19NO4. The molecule has 1 saturated heterocycles. The largest absolute Gasteiger partial charge is 0.481 e. The highest BCUT2D eigenvalue weighted by Gasteiger charge is 2.17. The van der Waals surface area contributed by atoms with Gasteiger partial charge in [-0.1, -0.05) is 6.92 Å². The van der Waals surface area contributed by atoms with E-state index in [0.29, 0.717) is 13.0 Å². The quantitative estimate of drug-likeness (QED) is 0.705. The minimum Gasteiger partial charge on any atom is -0.481 e. The molecule has 1 amide bonds. The van der Waals surface area contributed by atoms with Crippen LogP contribution in [0.3, 0.4) is 0 Å². The summed E-state index contributed by atoms with van der Waals surface area (Å²) in [5.41, 5.74) is 0. The van der Waals surface area contributed by atoms with Crippen molar-refractivity contribution < 1.29 is 19.4 Å². The molecule has 1 heterocycles. The highest BCUT2D eigenvalue weighted by Crippen LogP contribution is 2.11. The van der Waals surface area contributed by atoms with E-state index in [0.717, 1.165) is 19.4 Å². The predicted molar refractivity (Wildman–Crippen MR) is 58.0 cm³/mol. The number of ether oxygens (including phenoxy) is 1. The van der Waals surface area contributed by atoms with Crippen molar-refractivity contribution in [2.45, 2.75) is 38.7 Å². The molecule has 2 unspecified atom stereocenters. The Labute approximate surface area is 95.2 Å². The SMILES string of the molecule is CC(CCC(=O)NCC1CCCO1)C(=O)O. The molecule has 2 N–H and O–H groups in total. The maximum Gasteiger partial charge on any atom is 0.306 e. The molecule has 1 fully saturated rings. The van der Waals surface area contributed by atoms with Crippen LogP contribution in [0.5, 0.6) is 0 Å². The van der Waals surface area contributed by atoms with E-state index in [4.69, 9.17) is 9.84 Å². The van der Waals surface area contributed by atoms with Crippen LogP contribution in [-0.4, -0.2) is 36.2 Å². The first-order chi connectivity index (χ1) is 7.59. The molecule has 2 atom stereocenters. The van der Waals surface area contributed by atoms with E-state index in [1.165, 1.54) is 0 Å². The minimum absolute atomic E-state index is 0.0939. The van der Waals surface area contributed by atoms with Gasteiger partial charge in [-0.25, -0.2) is 0 Å². The Hall–Kier alpha value is -1.10. The Kier molecular flexibility index (Phi) is 5.25. The monoisotopic (exact) mass is 229 g/mol. The van der Waals surface area contributed by atoms with Gasteiger partial charge in [-0.2, -0.15) is 0 Å². The molecule has 0 aliphatic carbocycles. The summed E-state index contributed by atoms with van der Waals surface area (Å²) in [6.07, 6.45) is 2.83. The number of carboxylic acids is 1. The molecule has 0 spiro atoms. The van der Waals surface area contributed by atoms with Gasteiger partial charge in [-0.05, 0) is 19.3 Å². The Balaban J connectivity index is 2.08. The van der Waals surface area contributed by atoms with Gasteiger partial charge >= 0.3 is 5.97 Å². The lowest BCUT2D eigenvalue weighted by Crippen LogP contribution is -2.32. The van der Waals surface area contributed by atoms with E-state index < -0.39 is 11.9 Å². The lowest BCUT2D eigenvalue weighted by molar-refractivity contribution is -0.141. The summed E-state index contributed by atoms with van der Waals surface area (Å²) >= 11 is 0. The molecule has 16 heavy (non-hydrogen) atoms. The Morgan fingerprint density at radius 3 is 2.88 bits per heavy atom. The highest BCUT2D eigenvalue weighted by molar-refractivity contribution is 5.77. The molecule has 1 aliphatic heterocycles. The van der Waals surface area contributed by atoms with Crippen LogP contribution in [0.2, 0.25) is 0 Å². The van der Waals surface area contributed by atoms with Crippen molar-refractivity contribution in [1.29, 1.82) is 0 Å². The van der Waals surface area contributed by atoms with Crippen LogP contribution in [-0.2, 0) is 14.3 Å². The molecule has 0 bridgehead atoms. The Morgan fingerprint density at radius 2 is 2.31 bits per heavy atom. The molecular weight excluding hydrogens is 210 g/mol. The summed E-state index contributed by atoms with van der Waals surface area (Å²) in [5, 5.41) is 11.4. The fraction of sp³-hybridized carbons (Fsp3) is 0.818. The number of aliphatic carboxylic acids is 1. The van der Waals surface area contributed by atoms with E-state index in [-0.39, 0.29) is 18.4 Å². The van der Waals surface area contributed by atoms with Crippen LogP contribution in [0.1, 0.15) is 32.6 Å². The van der Waals surface area contributed by atoms with Crippen LogP contribution in [0.15, 0.2) is 0 Å². The first-order valence-corrected chi connectivity index (χ1v) is 5.70. The molecule has 0 saturated carbocycles. The van der Waals surface area contributed by atoms with Crippen molar-refractivity contribution in [3.63, 3.8) is 0 Å². The zero-order valence-corrected chi connectivity index (χ0v) is 9.57. The topological polar surface area (TPSA) is 75.6 Å². The van der Waals surface area contributed by atoms with Gasteiger partial charge in [0.2, 0.25) is 5.91 Å². The molecule has 1 rings (SSSR count). The average molecular weight is 229 g/mol. The molecule has 0 aromatic carbocycles. The van der Waals surface area contributed by atoms with Crippen LogP contribution in [0.4, 0.5) is 0 Å². The number of hydrogen-bond acceptors (Lipinski definition) is 3. The lowest BCUT2D eigenvalue weighted by Gasteiger charge is -2.11. The van der Waals surface area contributed by atoms with Crippen molar-refractivity contribution >= 4 is 11.9 Å². The number of hydrogen-bond donors (Lipinski definition) is 2. The van der Waals surface area contributed by atoms with Gasteiger partial charge in [0.15, 0.2) is 0 Å². The van der Waals surface area contributed by atoms with Crippen LogP contribution < -0.4 is 5.32 Å². The lowest BCUT2D eigenvalue weighted by atomic mass is 10.1. The van der Waals surface area contributed by atoms with Crippen molar-refractivity contribution in [2.75, 3.05) is 13.2 Å². The normalized spacial score (nSPS) is 21.7. The summed E-state index contributed by atoms with van der Waals surface area (Å²) in [6, 6.07) is 0. The van der Waals surface area contributed by atoms with E-state index in [1.54, 1.807) is 6.92 Å². The molecule has 92 valence electrons. The molecule has 0 radical (unpaired) electrons. The van der Waals surface area contributed by atoms with E-state index >= 15 is 0 Å². The van der Waals surface area contributed by atoms with Crippen LogP contribution >= 0.6 is 0 Å². The van der Waals surface area contributed by atoms with Crippen LogP contribution in [0, 0.1) is 5.92 Å². The van der Waals surface area contributed by atoms with Gasteiger partial charge in [-0.15, -0.1) is 0 Å². The maximum absolute atomic E-state index is 11.4. The molecule has 1 aliphatic rings. The number of amides is 1. The molecule has 5 heteroatoms. The standard InChI is InChI=1S/C11H19NO4/c1-8(11(14)15)4-5-10(13)12-7-9-3-2-6-16-9/h8-9H,2-7H2,1H3,(H,12,13)(H,14,15).